The van der Waals surface area contributed by atoms with Crippen LogP contribution in [0.1, 0.15) is 67.6 Å². The third-order valence-electron chi connectivity index (χ3n) is 13.0. The van der Waals surface area contributed by atoms with E-state index in [4.69, 9.17) is 16.3 Å². The molecule has 2 saturated heterocycles. The Bertz CT molecular complexity index is 2870. The molecule has 66 heavy (non-hydrogen) atoms. The van der Waals surface area contributed by atoms with Gasteiger partial charge in [0.15, 0.2) is 0 Å². The first-order chi connectivity index (χ1) is 31.7. The number of hydrogen-bond donors (Lipinski definition) is 4. The van der Waals surface area contributed by atoms with E-state index in [0.29, 0.717) is 25.1 Å². The number of nitrogens with zero attached hydrogens (tertiary/aromatic N) is 6. The number of anilines is 2. The number of carbonyl (C=O) groups excluding carboxylic acids is 1. The van der Waals surface area contributed by atoms with Crippen LogP contribution in [-0.4, -0.2) is 101 Å². The number of piperazine rings is 1. The number of rotatable bonds is 14. The Kier molecular flexibility index (Phi) is 12.9. The van der Waals surface area contributed by atoms with Crippen LogP contribution in [0.4, 0.5) is 17.1 Å². The number of aromatic nitrogens is 4. The van der Waals surface area contributed by atoms with Gasteiger partial charge in [0, 0.05) is 98.3 Å². The first kappa shape index (κ1) is 44.9. The molecule has 3 aliphatic rings. The molecule has 2 aliphatic heterocycles. The summed E-state index contributed by atoms with van der Waals surface area (Å²) in [6.45, 7) is 10.8. The largest absolute Gasteiger partial charge is 0.456 e. The summed E-state index contributed by atoms with van der Waals surface area (Å²) in [4.78, 5) is 35.4. The number of hydrogen-bond acceptors (Lipinski definition) is 12. The van der Waals surface area contributed by atoms with Gasteiger partial charge in [0.1, 0.15) is 17.2 Å². The van der Waals surface area contributed by atoms with Crippen molar-refractivity contribution in [1.29, 1.82) is 0 Å². The third kappa shape index (κ3) is 10.4. The highest BCUT2D eigenvalue weighted by Gasteiger charge is 2.31. The summed E-state index contributed by atoms with van der Waals surface area (Å²) < 4.78 is 36.2. The summed E-state index contributed by atoms with van der Waals surface area (Å²) in [5, 5.41) is 27.7. The fourth-order valence-corrected chi connectivity index (χ4v) is 10.4. The first-order valence-corrected chi connectivity index (χ1v) is 24.1. The van der Waals surface area contributed by atoms with E-state index < -0.39 is 31.4 Å². The summed E-state index contributed by atoms with van der Waals surface area (Å²) in [5.41, 5.74) is 6.68. The molecule has 0 saturated carbocycles. The molecule has 0 radical (unpaired) electrons. The molecule has 18 heteroatoms. The topological polar surface area (TPSA) is 195 Å². The van der Waals surface area contributed by atoms with Gasteiger partial charge in [0.2, 0.25) is 0 Å². The lowest BCUT2D eigenvalue weighted by Crippen LogP contribution is -2.47. The van der Waals surface area contributed by atoms with E-state index in [1.54, 1.807) is 30.5 Å². The lowest BCUT2D eigenvalue weighted by Gasteiger charge is -2.39. The average Bonchev–Trinajstić information content (AvgIpc) is 4.00. The van der Waals surface area contributed by atoms with Gasteiger partial charge in [-0.05, 0) is 109 Å². The molecule has 4 aromatic carbocycles. The summed E-state index contributed by atoms with van der Waals surface area (Å²) in [5.74, 6) is -0.315. The molecule has 6 aromatic rings. The van der Waals surface area contributed by atoms with Crippen LogP contribution in [0.3, 0.4) is 0 Å². The van der Waals surface area contributed by atoms with Crippen LogP contribution in [0.2, 0.25) is 5.02 Å². The minimum Gasteiger partial charge on any atom is -0.456 e. The quantitative estimate of drug-likeness (QED) is 0.0601. The van der Waals surface area contributed by atoms with E-state index in [9.17, 15) is 23.3 Å². The van der Waals surface area contributed by atoms with Gasteiger partial charge >= 0.3 is 0 Å². The van der Waals surface area contributed by atoms with Crippen LogP contribution in [0, 0.1) is 15.5 Å². The summed E-state index contributed by atoms with van der Waals surface area (Å²) in [6.07, 6.45) is 8.13. The van der Waals surface area contributed by atoms with Gasteiger partial charge < -0.3 is 19.9 Å². The number of amides is 1. The van der Waals surface area contributed by atoms with Gasteiger partial charge in [-0.3, -0.25) is 24.7 Å². The van der Waals surface area contributed by atoms with Gasteiger partial charge in [0.25, 0.3) is 21.6 Å². The lowest BCUT2D eigenvalue weighted by molar-refractivity contribution is -0.384. The number of nitrogens with one attached hydrogen (secondary N) is 4. The van der Waals surface area contributed by atoms with Crippen LogP contribution in [0.15, 0.2) is 108 Å². The van der Waals surface area contributed by atoms with Crippen molar-refractivity contribution in [3.8, 4) is 11.5 Å². The predicted octanol–water partition coefficient (Wildman–Crippen LogP) is 8.62. The number of nitro benzene ring substituents is 1. The Hall–Kier alpha value is -6.27. The second-order valence-electron chi connectivity index (χ2n) is 18.2. The number of fused-ring (bicyclic) bond motifs is 1. The number of carbonyl (C=O) groups is 1. The maximum Gasteiger partial charge on any atom is 0.293 e. The highest BCUT2D eigenvalue weighted by Crippen LogP contribution is 2.43. The molecule has 0 atom stereocenters. The molecule has 1 amide bonds. The maximum absolute atomic E-state index is 14.0. The summed E-state index contributed by atoms with van der Waals surface area (Å²) in [6, 6.07) is 24.3. The monoisotopic (exact) mass is 932 g/mol. The molecular formula is C48H53ClN10O6S. The fourth-order valence-electron chi connectivity index (χ4n) is 9.27. The van der Waals surface area contributed by atoms with Crippen molar-refractivity contribution in [2.24, 2.45) is 5.41 Å². The van der Waals surface area contributed by atoms with Crippen molar-refractivity contribution in [3.05, 3.63) is 135 Å². The van der Waals surface area contributed by atoms with Crippen LogP contribution < -0.4 is 19.7 Å². The molecule has 4 N–H and O–H groups in total. The Morgan fingerprint density at radius 1 is 0.939 bits per heavy atom. The number of allylic oxidation sites excluding steroid dienone is 1. The number of benzene rings is 4. The second-order valence-corrected chi connectivity index (χ2v) is 20.3. The summed E-state index contributed by atoms with van der Waals surface area (Å²) >= 11 is 6.25. The molecule has 2 fully saturated rings. The van der Waals surface area contributed by atoms with Gasteiger partial charge in [0.05, 0.1) is 27.3 Å². The van der Waals surface area contributed by atoms with Crippen molar-refractivity contribution in [1.82, 2.24) is 34.9 Å². The Morgan fingerprint density at radius 2 is 1.71 bits per heavy atom. The molecule has 0 bridgehead atoms. The zero-order valence-electron chi connectivity index (χ0n) is 36.9. The number of H-pyrrole nitrogens is 2. The average molecular weight is 934 g/mol. The van der Waals surface area contributed by atoms with Gasteiger partial charge in [-0.25, -0.2) is 13.1 Å². The van der Waals surface area contributed by atoms with Gasteiger partial charge in [-0.1, -0.05) is 43.2 Å². The SMILES string of the molecule is CC1(C)CCC(CN2CCN(c3ccc(C(=O)NS(=O)(=O)c4ccc(NC5CCN(Cc6cn[nH]n6)CC5)c([N+](=O)[O-])c4)c(Oc4ccc5[nH]ccc5c4)c3)CC2)=C(c2ccc(Cl)cc2)C1. The second kappa shape index (κ2) is 18.9. The number of aromatic amines is 2. The van der Waals surface area contributed by atoms with E-state index in [1.165, 1.54) is 28.8 Å². The summed E-state index contributed by atoms with van der Waals surface area (Å²) in [7, 11) is -4.57. The van der Waals surface area contributed by atoms with E-state index in [2.05, 4.69) is 71.1 Å². The van der Waals surface area contributed by atoms with Gasteiger partial charge in [-0.2, -0.15) is 15.4 Å². The molecule has 0 unspecified atom stereocenters. The minimum absolute atomic E-state index is 0.0142. The van der Waals surface area contributed by atoms with Gasteiger partial charge in [-0.15, -0.1) is 0 Å². The normalized spacial score (nSPS) is 17.5. The van der Waals surface area contributed by atoms with Crippen molar-refractivity contribution in [2.75, 3.05) is 56.0 Å². The minimum atomic E-state index is -4.57. The number of nitro groups is 1. The van der Waals surface area contributed by atoms with Crippen molar-refractivity contribution >= 4 is 61.1 Å². The Morgan fingerprint density at radius 3 is 2.45 bits per heavy atom. The highest BCUT2D eigenvalue weighted by molar-refractivity contribution is 7.90. The number of sulfonamides is 1. The zero-order chi connectivity index (χ0) is 46.0. The van der Waals surface area contributed by atoms with E-state index in [1.807, 2.05) is 36.5 Å². The molecule has 2 aromatic heterocycles. The fraction of sp³-hybridized carbons (Fsp3) is 0.354. The molecule has 4 heterocycles. The molecule has 344 valence electrons. The molecule has 9 rings (SSSR count). The molecule has 0 spiro atoms. The van der Waals surface area contributed by atoms with E-state index >= 15 is 0 Å². The zero-order valence-corrected chi connectivity index (χ0v) is 38.5. The number of likely N-dealkylation sites (tertiary alicyclic amines) is 1. The van der Waals surface area contributed by atoms with Crippen molar-refractivity contribution < 1.29 is 22.9 Å². The first-order valence-electron chi connectivity index (χ1n) is 22.3. The smallest absolute Gasteiger partial charge is 0.293 e. The van der Waals surface area contributed by atoms with Crippen LogP contribution >= 0.6 is 11.6 Å². The molecule has 1 aliphatic carbocycles. The number of halogens is 1. The number of ether oxygens (including phenoxy) is 1. The van der Waals surface area contributed by atoms with Crippen LogP contribution in [0.25, 0.3) is 16.5 Å². The Labute approximate surface area is 388 Å². The highest BCUT2D eigenvalue weighted by atomic mass is 35.5. The van der Waals surface area contributed by atoms with E-state index in [-0.39, 0.29) is 28.5 Å². The standard InChI is InChI=1S/C48H53ClN10O6S/c1-48(2)17-13-34(42(28-48)32-3-5-35(49)6-4-32)30-57-21-23-58(24-22-57)38-7-10-41(46(26-38)65-39-8-11-43-33(25-39)14-18-50-43)47(60)54-66(63,64)40-9-12-44(45(27-40)59(61)62)52-36-15-19-56(20-16-36)31-37-29-51-55-53-37/h3-12,14,18,25-27,29,36,50,52H,13,15-17,19-24,28,30-31H2,1-2H3,(H,54,60)(H,51,53,55). The van der Waals surface area contributed by atoms with E-state index in [0.717, 1.165) is 98.4 Å². The van der Waals surface area contributed by atoms with Crippen LogP contribution in [0.5, 0.6) is 11.5 Å². The lowest BCUT2D eigenvalue weighted by atomic mass is 9.72. The number of piperidine rings is 1. The van der Waals surface area contributed by atoms with Crippen molar-refractivity contribution in [2.45, 2.75) is 63.4 Å². The molecular weight excluding hydrogens is 880 g/mol. The van der Waals surface area contributed by atoms with Crippen LogP contribution in [-0.2, 0) is 16.6 Å². The Balaban J connectivity index is 0.904. The third-order valence-corrected chi connectivity index (χ3v) is 14.6. The predicted molar refractivity (Wildman–Crippen MR) is 256 cm³/mol. The molecule has 16 nitrogen and oxygen atoms in total. The van der Waals surface area contributed by atoms with Crippen molar-refractivity contribution in [3.63, 3.8) is 0 Å². The maximum atomic E-state index is 14.0.